The van der Waals surface area contributed by atoms with Gasteiger partial charge in [-0.25, -0.2) is 13.2 Å². The average molecular weight is 450 g/mol. The molecule has 0 bridgehead atoms. The van der Waals surface area contributed by atoms with Gasteiger partial charge in [-0.05, 0) is 50.1 Å². The van der Waals surface area contributed by atoms with Gasteiger partial charge >= 0.3 is 5.97 Å². The van der Waals surface area contributed by atoms with Crippen LogP contribution in [-0.2, 0) is 21.2 Å². The Morgan fingerprint density at radius 3 is 2.41 bits per heavy atom. The number of ether oxygens (including phenoxy) is 1. The summed E-state index contributed by atoms with van der Waals surface area (Å²) in [6.07, 6.45) is -0.369. The highest BCUT2D eigenvalue weighted by Gasteiger charge is 2.31. The number of esters is 1. The minimum atomic E-state index is -3.84. The van der Waals surface area contributed by atoms with Crippen molar-refractivity contribution in [3.63, 3.8) is 0 Å². The molecule has 0 fully saturated rings. The lowest BCUT2D eigenvalue weighted by atomic mass is 10.1. The fourth-order valence-electron chi connectivity index (χ4n) is 3.70. The molecule has 4 rings (SSSR count). The summed E-state index contributed by atoms with van der Waals surface area (Å²) in [7, 11) is -3.84. The largest absolute Gasteiger partial charge is 0.451 e. The molecule has 0 N–H and O–H groups in total. The van der Waals surface area contributed by atoms with Gasteiger partial charge in [-0.15, -0.1) is 0 Å². The van der Waals surface area contributed by atoms with E-state index in [1.807, 2.05) is 31.2 Å². The minimum Gasteiger partial charge on any atom is -0.451 e. The third-order valence-corrected chi connectivity index (χ3v) is 7.30. The molecule has 0 aliphatic carbocycles. The number of hydrogen-bond donors (Lipinski definition) is 0. The van der Waals surface area contributed by atoms with Crippen molar-refractivity contribution in [2.45, 2.75) is 31.3 Å². The molecule has 0 unspecified atom stereocenters. The second-order valence-electron chi connectivity index (χ2n) is 7.76. The van der Waals surface area contributed by atoms with Gasteiger partial charge in [0.05, 0.1) is 16.1 Å². The number of carbonyl (C=O) groups excluding carboxylic acids is 2. The quantitative estimate of drug-likeness (QED) is 0.417. The van der Waals surface area contributed by atoms with Crippen molar-refractivity contribution in [3.05, 3.63) is 95.1 Å². The summed E-state index contributed by atoms with van der Waals surface area (Å²) >= 11 is 0. The SMILES string of the molecule is Cc1ccc(C(=O)[C@H](C)OC(=O)c2cccc(S(=O)(=O)N3CCc4ccccc43)c2)cc1. The zero-order valence-electron chi connectivity index (χ0n) is 17.8. The van der Waals surface area contributed by atoms with Crippen LogP contribution in [0.3, 0.4) is 0 Å². The molecule has 1 heterocycles. The van der Waals surface area contributed by atoms with E-state index in [2.05, 4.69) is 0 Å². The van der Waals surface area contributed by atoms with Gasteiger partial charge in [0.2, 0.25) is 5.78 Å². The van der Waals surface area contributed by atoms with E-state index in [0.29, 0.717) is 24.2 Å². The van der Waals surface area contributed by atoms with Crippen molar-refractivity contribution in [2.75, 3.05) is 10.8 Å². The topological polar surface area (TPSA) is 80.8 Å². The smallest absolute Gasteiger partial charge is 0.338 e. The van der Waals surface area contributed by atoms with Crippen LogP contribution in [0.5, 0.6) is 0 Å². The van der Waals surface area contributed by atoms with Crippen molar-refractivity contribution in [1.29, 1.82) is 0 Å². The number of fused-ring (bicyclic) bond motifs is 1. The Hall–Kier alpha value is -3.45. The second kappa shape index (κ2) is 8.59. The van der Waals surface area contributed by atoms with Crippen LogP contribution in [-0.4, -0.2) is 32.8 Å². The van der Waals surface area contributed by atoms with E-state index in [4.69, 9.17) is 4.74 Å². The fourth-order valence-corrected chi connectivity index (χ4v) is 5.25. The molecule has 1 aliphatic heterocycles. The zero-order valence-corrected chi connectivity index (χ0v) is 18.6. The first-order valence-electron chi connectivity index (χ1n) is 10.3. The number of sulfonamides is 1. The van der Waals surface area contributed by atoms with Crippen LogP contribution in [0.1, 0.15) is 38.8 Å². The number of hydrogen-bond acceptors (Lipinski definition) is 5. The third-order valence-electron chi connectivity index (χ3n) is 5.49. The highest BCUT2D eigenvalue weighted by molar-refractivity contribution is 7.92. The number of Topliss-reactive ketones (excluding diaryl/α,β-unsaturated/α-hetero) is 1. The van der Waals surface area contributed by atoms with Gasteiger partial charge in [-0.3, -0.25) is 9.10 Å². The first kappa shape index (κ1) is 21.8. The zero-order chi connectivity index (χ0) is 22.9. The van der Waals surface area contributed by atoms with E-state index < -0.39 is 22.1 Å². The first-order valence-corrected chi connectivity index (χ1v) is 11.7. The second-order valence-corrected chi connectivity index (χ2v) is 9.62. The lowest BCUT2D eigenvalue weighted by molar-refractivity contribution is 0.0318. The maximum atomic E-state index is 13.2. The molecular weight excluding hydrogens is 426 g/mol. The number of anilines is 1. The fraction of sp³-hybridized carbons (Fsp3) is 0.200. The highest BCUT2D eigenvalue weighted by atomic mass is 32.2. The number of benzene rings is 3. The Morgan fingerprint density at radius 1 is 0.938 bits per heavy atom. The number of para-hydroxylation sites is 1. The number of ketones is 1. The van der Waals surface area contributed by atoms with Crippen molar-refractivity contribution >= 4 is 27.5 Å². The Balaban J connectivity index is 1.53. The van der Waals surface area contributed by atoms with Crippen LogP contribution >= 0.6 is 0 Å². The number of aryl methyl sites for hydroxylation is 1. The lowest BCUT2D eigenvalue weighted by Gasteiger charge is -2.20. The van der Waals surface area contributed by atoms with Crippen LogP contribution in [0.4, 0.5) is 5.69 Å². The van der Waals surface area contributed by atoms with Crippen molar-refractivity contribution in [2.24, 2.45) is 0 Å². The van der Waals surface area contributed by atoms with Gasteiger partial charge in [0.15, 0.2) is 6.10 Å². The van der Waals surface area contributed by atoms with Gasteiger partial charge in [0.1, 0.15) is 0 Å². The summed E-state index contributed by atoms with van der Waals surface area (Å²) in [5.41, 5.74) is 3.15. The van der Waals surface area contributed by atoms with Gasteiger partial charge in [0.25, 0.3) is 10.0 Å². The predicted octanol–water partition coefficient (Wildman–Crippen LogP) is 4.17. The Bertz CT molecular complexity index is 1280. The molecule has 1 atom stereocenters. The van der Waals surface area contributed by atoms with Gasteiger partial charge in [0, 0.05) is 12.1 Å². The summed E-state index contributed by atoms with van der Waals surface area (Å²) in [6.45, 7) is 3.76. The van der Waals surface area contributed by atoms with E-state index in [9.17, 15) is 18.0 Å². The molecule has 164 valence electrons. The molecule has 0 spiro atoms. The summed E-state index contributed by atoms with van der Waals surface area (Å²) < 4.78 is 33.2. The van der Waals surface area contributed by atoms with Crippen LogP contribution < -0.4 is 4.31 Å². The van der Waals surface area contributed by atoms with E-state index in [0.717, 1.165) is 11.1 Å². The van der Waals surface area contributed by atoms with Crippen molar-refractivity contribution < 1.29 is 22.7 Å². The van der Waals surface area contributed by atoms with Crippen LogP contribution in [0.15, 0.2) is 77.7 Å². The summed E-state index contributed by atoms with van der Waals surface area (Å²) in [5, 5.41) is 0. The predicted molar refractivity (Wildman–Crippen MR) is 122 cm³/mol. The molecule has 7 heteroatoms. The number of carbonyl (C=O) groups is 2. The number of nitrogens with zero attached hydrogens (tertiary/aromatic N) is 1. The first-order chi connectivity index (χ1) is 15.3. The van der Waals surface area contributed by atoms with E-state index in [-0.39, 0.29) is 16.2 Å². The molecule has 0 saturated heterocycles. The molecule has 6 nitrogen and oxygen atoms in total. The summed E-state index contributed by atoms with van der Waals surface area (Å²) in [4.78, 5) is 25.2. The minimum absolute atomic E-state index is 0.00108. The molecule has 0 amide bonds. The van der Waals surface area contributed by atoms with Crippen LogP contribution in [0.25, 0.3) is 0 Å². The summed E-state index contributed by atoms with van der Waals surface area (Å²) in [6, 6.07) is 20.1. The van der Waals surface area contributed by atoms with Crippen molar-refractivity contribution in [3.8, 4) is 0 Å². The molecule has 32 heavy (non-hydrogen) atoms. The van der Waals surface area contributed by atoms with Gasteiger partial charge in [-0.2, -0.15) is 0 Å². The van der Waals surface area contributed by atoms with Crippen LogP contribution in [0, 0.1) is 6.92 Å². The standard InChI is InChI=1S/C25H23NO5S/c1-17-10-12-20(13-11-17)24(27)18(2)31-25(28)21-7-5-8-22(16-21)32(29,30)26-15-14-19-6-3-4-9-23(19)26/h3-13,16,18H,14-15H2,1-2H3/t18-/m0/s1. The van der Waals surface area contributed by atoms with Crippen molar-refractivity contribution in [1.82, 2.24) is 0 Å². The number of rotatable bonds is 6. The molecule has 1 aliphatic rings. The Morgan fingerprint density at radius 2 is 1.66 bits per heavy atom. The maximum absolute atomic E-state index is 13.2. The van der Waals surface area contributed by atoms with Crippen LogP contribution in [0.2, 0.25) is 0 Å². The Kier molecular flexibility index (Phi) is 5.84. The lowest BCUT2D eigenvalue weighted by Crippen LogP contribution is -2.29. The summed E-state index contributed by atoms with van der Waals surface area (Å²) in [5.74, 6) is -1.08. The molecule has 3 aromatic carbocycles. The maximum Gasteiger partial charge on any atom is 0.338 e. The molecular formula is C25H23NO5S. The van der Waals surface area contributed by atoms with Gasteiger partial charge in [-0.1, -0.05) is 54.1 Å². The monoisotopic (exact) mass is 449 g/mol. The third kappa shape index (κ3) is 4.16. The molecule has 0 radical (unpaired) electrons. The highest BCUT2D eigenvalue weighted by Crippen LogP contribution is 2.32. The van der Waals surface area contributed by atoms with E-state index >= 15 is 0 Å². The van der Waals surface area contributed by atoms with Gasteiger partial charge < -0.3 is 4.74 Å². The molecule has 0 saturated carbocycles. The van der Waals surface area contributed by atoms with E-state index in [1.165, 1.54) is 35.5 Å². The molecule has 0 aromatic heterocycles. The average Bonchev–Trinajstić information content (AvgIpc) is 3.24. The Labute approximate surface area is 187 Å². The normalized spacial score (nSPS) is 14.0. The molecule has 3 aromatic rings. The van der Waals surface area contributed by atoms with E-state index in [1.54, 1.807) is 24.3 Å².